The highest BCUT2D eigenvalue weighted by atomic mass is 32.2. The monoisotopic (exact) mass is 562 g/mol. The molecule has 1 atom stereocenters. The van der Waals surface area contributed by atoms with Gasteiger partial charge in [-0.05, 0) is 61.9 Å². The van der Waals surface area contributed by atoms with Crippen LogP contribution >= 0.6 is 11.8 Å². The van der Waals surface area contributed by atoms with Crippen molar-refractivity contribution in [1.82, 2.24) is 19.5 Å². The Bertz CT molecular complexity index is 1520. The van der Waals surface area contributed by atoms with Crippen LogP contribution in [-0.2, 0) is 22.0 Å². The van der Waals surface area contributed by atoms with Crippen molar-refractivity contribution >= 4 is 21.8 Å². The van der Waals surface area contributed by atoms with Gasteiger partial charge < -0.3 is 4.74 Å². The Labute approximate surface area is 223 Å². The first kappa shape index (κ1) is 27.7. The lowest BCUT2D eigenvalue weighted by Gasteiger charge is -2.17. The van der Waals surface area contributed by atoms with Gasteiger partial charge in [0.1, 0.15) is 5.75 Å². The van der Waals surface area contributed by atoms with Gasteiger partial charge in [-0.1, -0.05) is 47.7 Å². The Hall–Kier alpha value is -3.35. The molecule has 12 heteroatoms. The van der Waals surface area contributed by atoms with Crippen LogP contribution in [0.1, 0.15) is 35.5 Å². The third kappa shape index (κ3) is 6.37. The van der Waals surface area contributed by atoms with Crippen LogP contribution in [0.25, 0.3) is 5.69 Å². The molecule has 7 nitrogen and oxygen atoms in total. The fraction of sp³-hybridized carbons (Fsp3) is 0.231. The number of ether oxygens (including phenoxy) is 1. The van der Waals surface area contributed by atoms with E-state index < -0.39 is 32.7 Å². The normalized spacial score (nSPS) is 12.9. The molecule has 1 unspecified atom stereocenters. The standard InChI is InChI=1S/C26H25F3N4O3S2/c1-17-10-12-21(13-11-17)33-24(30-31-25(33)37-16-19-6-4-8-22(14-19)36-3)18(2)32-38(34,35)23-9-5-7-20(15-23)26(27,28)29/h4-15,18,32H,16H2,1-3H3. The number of hydrogen-bond acceptors (Lipinski definition) is 6. The largest absolute Gasteiger partial charge is 0.497 e. The van der Waals surface area contributed by atoms with Gasteiger partial charge in [0.05, 0.1) is 23.6 Å². The molecule has 3 aromatic carbocycles. The van der Waals surface area contributed by atoms with E-state index in [1.165, 1.54) is 11.8 Å². The number of nitrogens with zero attached hydrogens (tertiary/aromatic N) is 3. The van der Waals surface area contributed by atoms with Gasteiger partial charge in [0.15, 0.2) is 11.0 Å². The van der Waals surface area contributed by atoms with E-state index in [9.17, 15) is 21.6 Å². The summed E-state index contributed by atoms with van der Waals surface area (Å²) >= 11 is 1.41. The number of methoxy groups -OCH3 is 1. The Balaban J connectivity index is 1.65. The highest BCUT2D eigenvalue weighted by Gasteiger charge is 2.32. The van der Waals surface area contributed by atoms with E-state index in [4.69, 9.17) is 4.74 Å². The SMILES string of the molecule is COc1cccc(CSc2nnc(C(C)NS(=O)(=O)c3cccc(C(F)(F)F)c3)n2-c2ccc(C)cc2)c1. The average Bonchev–Trinajstić information content (AvgIpc) is 3.31. The summed E-state index contributed by atoms with van der Waals surface area (Å²) in [4.78, 5) is -0.492. The van der Waals surface area contributed by atoms with Gasteiger partial charge in [-0.25, -0.2) is 13.1 Å². The molecule has 4 aromatic rings. The second-order valence-corrected chi connectivity index (χ2v) is 11.2. The first-order chi connectivity index (χ1) is 18.0. The fourth-order valence-corrected chi connectivity index (χ4v) is 5.84. The van der Waals surface area contributed by atoms with Crippen LogP contribution in [0.3, 0.4) is 0 Å². The van der Waals surface area contributed by atoms with E-state index in [1.807, 2.05) is 55.5 Å². The molecule has 1 N–H and O–H groups in total. The molecule has 0 spiro atoms. The van der Waals surface area contributed by atoms with Crippen LogP contribution in [0.5, 0.6) is 5.75 Å². The number of halogens is 3. The van der Waals surface area contributed by atoms with Gasteiger partial charge in [0, 0.05) is 11.4 Å². The van der Waals surface area contributed by atoms with Crippen molar-refractivity contribution < 1.29 is 26.3 Å². The van der Waals surface area contributed by atoms with Crippen molar-refractivity contribution in [3.8, 4) is 11.4 Å². The molecule has 0 saturated carbocycles. The van der Waals surface area contributed by atoms with Crippen molar-refractivity contribution in [1.29, 1.82) is 0 Å². The number of aryl methyl sites for hydroxylation is 1. The minimum absolute atomic E-state index is 0.289. The van der Waals surface area contributed by atoms with E-state index in [2.05, 4.69) is 14.9 Å². The molecule has 200 valence electrons. The summed E-state index contributed by atoms with van der Waals surface area (Å²) in [6.45, 7) is 3.51. The predicted octanol–water partition coefficient (Wildman–Crippen LogP) is 5.93. The molecule has 0 saturated heterocycles. The van der Waals surface area contributed by atoms with Gasteiger partial charge in [-0.3, -0.25) is 4.57 Å². The average molecular weight is 563 g/mol. The minimum atomic E-state index is -4.67. The first-order valence-electron chi connectivity index (χ1n) is 11.5. The highest BCUT2D eigenvalue weighted by molar-refractivity contribution is 7.98. The maximum atomic E-state index is 13.1. The van der Waals surface area contributed by atoms with Crippen LogP contribution in [0, 0.1) is 6.92 Å². The first-order valence-corrected chi connectivity index (χ1v) is 13.9. The molecule has 0 aliphatic heterocycles. The van der Waals surface area contributed by atoms with Gasteiger partial charge in [0.25, 0.3) is 0 Å². The number of nitrogens with one attached hydrogen (secondary N) is 1. The van der Waals surface area contributed by atoms with E-state index in [0.717, 1.165) is 35.1 Å². The van der Waals surface area contributed by atoms with Crippen LogP contribution in [0.4, 0.5) is 13.2 Å². The van der Waals surface area contributed by atoms with Crippen molar-refractivity contribution in [2.75, 3.05) is 7.11 Å². The van der Waals surface area contributed by atoms with E-state index >= 15 is 0 Å². The summed E-state index contributed by atoms with van der Waals surface area (Å²) in [5.74, 6) is 1.56. The van der Waals surface area contributed by atoms with Gasteiger partial charge in [0.2, 0.25) is 10.0 Å². The summed E-state index contributed by atoms with van der Waals surface area (Å²) in [5.41, 5.74) is 1.70. The lowest BCUT2D eigenvalue weighted by Crippen LogP contribution is -2.29. The smallest absolute Gasteiger partial charge is 0.416 e. The molecule has 1 heterocycles. The Kier molecular flexibility index (Phi) is 8.14. The summed E-state index contributed by atoms with van der Waals surface area (Å²) in [7, 11) is -2.71. The maximum Gasteiger partial charge on any atom is 0.416 e. The molecule has 38 heavy (non-hydrogen) atoms. The fourth-order valence-electron chi connectivity index (χ4n) is 3.69. The van der Waals surface area contributed by atoms with E-state index in [-0.39, 0.29) is 5.82 Å². The van der Waals surface area contributed by atoms with E-state index in [1.54, 1.807) is 18.6 Å². The molecular weight excluding hydrogens is 537 g/mol. The number of thioether (sulfide) groups is 1. The molecule has 4 rings (SSSR count). The molecule has 0 aliphatic rings. The summed E-state index contributed by atoms with van der Waals surface area (Å²) < 4.78 is 74.9. The van der Waals surface area contributed by atoms with Crippen LogP contribution < -0.4 is 9.46 Å². The zero-order valence-electron chi connectivity index (χ0n) is 20.7. The Morgan fingerprint density at radius 2 is 1.74 bits per heavy atom. The highest BCUT2D eigenvalue weighted by Crippen LogP contribution is 2.32. The second-order valence-electron chi connectivity index (χ2n) is 8.52. The zero-order valence-corrected chi connectivity index (χ0v) is 22.4. The Morgan fingerprint density at radius 1 is 1.03 bits per heavy atom. The van der Waals surface area contributed by atoms with Crippen molar-refractivity contribution in [2.45, 2.75) is 41.9 Å². The topological polar surface area (TPSA) is 86.1 Å². The molecule has 0 bridgehead atoms. The maximum absolute atomic E-state index is 13.1. The van der Waals surface area contributed by atoms with Crippen LogP contribution in [0.15, 0.2) is 82.8 Å². The van der Waals surface area contributed by atoms with Crippen molar-refractivity contribution in [3.63, 3.8) is 0 Å². The summed E-state index contributed by atoms with van der Waals surface area (Å²) in [6, 6.07) is 17.8. The number of benzene rings is 3. The molecule has 0 aliphatic carbocycles. The number of sulfonamides is 1. The molecule has 0 fully saturated rings. The third-order valence-corrected chi connectivity index (χ3v) is 8.18. The molecule has 0 radical (unpaired) electrons. The number of alkyl halides is 3. The number of rotatable bonds is 9. The van der Waals surface area contributed by atoms with Crippen LogP contribution in [0.2, 0.25) is 0 Å². The molecular formula is C26H25F3N4O3S2. The molecule has 0 amide bonds. The van der Waals surface area contributed by atoms with Crippen molar-refractivity contribution in [3.05, 3.63) is 95.3 Å². The number of hydrogen-bond donors (Lipinski definition) is 1. The second kappa shape index (κ2) is 11.2. The minimum Gasteiger partial charge on any atom is -0.497 e. The predicted molar refractivity (Wildman–Crippen MR) is 139 cm³/mol. The quantitative estimate of drug-likeness (QED) is 0.254. The number of aromatic nitrogens is 3. The Morgan fingerprint density at radius 3 is 2.42 bits per heavy atom. The van der Waals surface area contributed by atoms with E-state index in [0.29, 0.717) is 22.7 Å². The summed E-state index contributed by atoms with van der Waals surface area (Å²) in [6.07, 6.45) is -4.67. The van der Waals surface area contributed by atoms with Gasteiger partial charge in [-0.15, -0.1) is 10.2 Å². The van der Waals surface area contributed by atoms with Crippen molar-refractivity contribution in [2.24, 2.45) is 0 Å². The zero-order chi connectivity index (χ0) is 27.5. The van der Waals surface area contributed by atoms with Gasteiger partial charge >= 0.3 is 6.18 Å². The molecule has 1 aromatic heterocycles. The third-order valence-electron chi connectivity index (χ3n) is 5.64. The van der Waals surface area contributed by atoms with Gasteiger partial charge in [-0.2, -0.15) is 13.2 Å². The lowest BCUT2D eigenvalue weighted by molar-refractivity contribution is -0.137. The lowest BCUT2D eigenvalue weighted by atomic mass is 10.2. The van der Waals surface area contributed by atoms with Crippen LogP contribution in [-0.4, -0.2) is 30.3 Å². The summed E-state index contributed by atoms with van der Waals surface area (Å²) in [5, 5.41) is 9.08.